The number of ether oxygens (including phenoxy) is 1. The Bertz CT molecular complexity index is 905. The van der Waals surface area contributed by atoms with Crippen molar-refractivity contribution in [3.05, 3.63) is 59.7 Å². The SMILES string of the molecule is COc1ccc(-c2nnc(SC(C)c3ccc(C(F)(F)F)cc3)n2C)cc1. The van der Waals surface area contributed by atoms with E-state index in [0.717, 1.165) is 29.0 Å². The topological polar surface area (TPSA) is 39.9 Å². The van der Waals surface area contributed by atoms with E-state index in [-0.39, 0.29) is 5.25 Å². The monoisotopic (exact) mass is 393 g/mol. The number of hydrogen-bond acceptors (Lipinski definition) is 4. The summed E-state index contributed by atoms with van der Waals surface area (Å²) < 4.78 is 45.1. The molecule has 142 valence electrons. The van der Waals surface area contributed by atoms with Crippen LogP contribution < -0.4 is 4.74 Å². The molecular formula is C19H18F3N3OS. The number of hydrogen-bond donors (Lipinski definition) is 0. The van der Waals surface area contributed by atoms with Crippen molar-refractivity contribution in [1.29, 1.82) is 0 Å². The van der Waals surface area contributed by atoms with Crippen molar-refractivity contribution in [1.82, 2.24) is 14.8 Å². The number of aromatic nitrogens is 3. The van der Waals surface area contributed by atoms with Gasteiger partial charge in [-0.1, -0.05) is 23.9 Å². The van der Waals surface area contributed by atoms with Crippen LogP contribution in [0.3, 0.4) is 0 Å². The molecule has 0 saturated carbocycles. The maximum atomic E-state index is 12.7. The molecule has 8 heteroatoms. The average Bonchev–Trinajstić information content (AvgIpc) is 3.01. The summed E-state index contributed by atoms with van der Waals surface area (Å²) in [6.07, 6.45) is -4.33. The van der Waals surface area contributed by atoms with Gasteiger partial charge in [-0.3, -0.25) is 0 Å². The van der Waals surface area contributed by atoms with Crippen LogP contribution in [-0.2, 0) is 13.2 Å². The van der Waals surface area contributed by atoms with Crippen LogP contribution in [-0.4, -0.2) is 21.9 Å². The first kappa shape index (κ1) is 19.3. The lowest BCUT2D eigenvalue weighted by molar-refractivity contribution is -0.137. The zero-order valence-corrected chi connectivity index (χ0v) is 15.8. The Morgan fingerprint density at radius 2 is 1.63 bits per heavy atom. The molecule has 1 atom stereocenters. The second-order valence-corrected chi connectivity index (χ2v) is 7.28. The number of halogens is 3. The highest BCUT2D eigenvalue weighted by molar-refractivity contribution is 7.99. The Balaban J connectivity index is 1.76. The quantitative estimate of drug-likeness (QED) is 0.547. The van der Waals surface area contributed by atoms with Crippen LogP contribution in [0.5, 0.6) is 5.75 Å². The highest BCUT2D eigenvalue weighted by Gasteiger charge is 2.30. The van der Waals surface area contributed by atoms with E-state index in [1.165, 1.54) is 23.9 Å². The van der Waals surface area contributed by atoms with Gasteiger partial charge in [-0.25, -0.2) is 0 Å². The fraction of sp³-hybridized carbons (Fsp3) is 0.263. The molecule has 0 radical (unpaired) electrons. The molecule has 0 N–H and O–H groups in total. The number of thioether (sulfide) groups is 1. The van der Waals surface area contributed by atoms with E-state index >= 15 is 0 Å². The molecule has 1 heterocycles. The highest BCUT2D eigenvalue weighted by Crippen LogP contribution is 2.36. The van der Waals surface area contributed by atoms with E-state index in [0.29, 0.717) is 11.0 Å². The second kappa shape index (κ2) is 7.64. The smallest absolute Gasteiger partial charge is 0.416 e. The van der Waals surface area contributed by atoms with Crippen molar-refractivity contribution in [2.24, 2.45) is 7.05 Å². The van der Waals surface area contributed by atoms with Crippen molar-refractivity contribution in [3.8, 4) is 17.1 Å². The molecule has 4 nitrogen and oxygen atoms in total. The first-order chi connectivity index (χ1) is 12.8. The van der Waals surface area contributed by atoms with Crippen molar-refractivity contribution in [2.45, 2.75) is 23.5 Å². The van der Waals surface area contributed by atoms with E-state index < -0.39 is 11.7 Å². The Morgan fingerprint density at radius 3 is 2.19 bits per heavy atom. The molecule has 0 saturated heterocycles. The summed E-state index contributed by atoms with van der Waals surface area (Å²) in [5.41, 5.74) is 1.05. The molecule has 27 heavy (non-hydrogen) atoms. The lowest BCUT2D eigenvalue weighted by Crippen LogP contribution is -2.04. The van der Waals surface area contributed by atoms with Gasteiger partial charge in [0.25, 0.3) is 0 Å². The van der Waals surface area contributed by atoms with Gasteiger partial charge in [0, 0.05) is 17.9 Å². The molecule has 0 aliphatic rings. The fourth-order valence-electron chi connectivity index (χ4n) is 2.58. The third-order valence-electron chi connectivity index (χ3n) is 4.17. The lowest BCUT2D eigenvalue weighted by Gasteiger charge is -2.13. The van der Waals surface area contributed by atoms with E-state index in [9.17, 15) is 13.2 Å². The molecule has 2 aromatic carbocycles. The normalized spacial score (nSPS) is 12.8. The Labute approximate surface area is 159 Å². The van der Waals surface area contributed by atoms with Crippen LogP contribution in [0.25, 0.3) is 11.4 Å². The van der Waals surface area contributed by atoms with Crippen LogP contribution in [0.4, 0.5) is 13.2 Å². The van der Waals surface area contributed by atoms with E-state index in [4.69, 9.17) is 4.74 Å². The average molecular weight is 393 g/mol. The van der Waals surface area contributed by atoms with Crippen LogP contribution in [0.15, 0.2) is 53.7 Å². The maximum absolute atomic E-state index is 12.7. The van der Waals surface area contributed by atoms with E-state index in [1.54, 1.807) is 7.11 Å². The Kier molecular flexibility index (Phi) is 5.46. The van der Waals surface area contributed by atoms with Gasteiger partial charge in [0.15, 0.2) is 11.0 Å². The molecule has 1 unspecified atom stereocenters. The number of nitrogens with zero attached hydrogens (tertiary/aromatic N) is 3. The molecular weight excluding hydrogens is 375 g/mol. The third-order valence-corrected chi connectivity index (χ3v) is 5.36. The van der Waals surface area contributed by atoms with Crippen LogP contribution in [0.1, 0.15) is 23.3 Å². The minimum absolute atomic E-state index is 0.0705. The predicted molar refractivity (Wildman–Crippen MR) is 98.7 cm³/mol. The predicted octanol–water partition coefficient (Wildman–Crippen LogP) is 5.36. The molecule has 0 fully saturated rings. The Hall–Kier alpha value is -2.48. The van der Waals surface area contributed by atoms with Gasteiger partial charge in [0.2, 0.25) is 0 Å². The van der Waals surface area contributed by atoms with Crippen LogP contribution >= 0.6 is 11.8 Å². The van der Waals surface area contributed by atoms with E-state index in [1.807, 2.05) is 42.8 Å². The van der Waals surface area contributed by atoms with Crippen molar-refractivity contribution in [3.63, 3.8) is 0 Å². The first-order valence-corrected chi connectivity index (χ1v) is 9.05. The summed E-state index contributed by atoms with van der Waals surface area (Å²) in [5, 5.41) is 9.08. The Morgan fingerprint density at radius 1 is 1.00 bits per heavy atom. The number of alkyl halides is 3. The summed E-state index contributed by atoms with van der Waals surface area (Å²) in [5.74, 6) is 1.46. The molecule has 1 aromatic heterocycles. The van der Waals surface area contributed by atoms with Gasteiger partial charge in [-0.05, 0) is 48.9 Å². The first-order valence-electron chi connectivity index (χ1n) is 8.17. The highest BCUT2D eigenvalue weighted by atomic mass is 32.2. The van der Waals surface area contributed by atoms with Gasteiger partial charge in [0.1, 0.15) is 5.75 Å². The molecule has 3 rings (SSSR count). The molecule has 0 spiro atoms. The van der Waals surface area contributed by atoms with E-state index in [2.05, 4.69) is 10.2 Å². The molecule has 0 amide bonds. The number of benzene rings is 2. The molecule has 0 aliphatic heterocycles. The molecule has 0 aliphatic carbocycles. The molecule has 3 aromatic rings. The van der Waals surface area contributed by atoms with Gasteiger partial charge < -0.3 is 9.30 Å². The van der Waals surface area contributed by atoms with Crippen molar-refractivity contribution < 1.29 is 17.9 Å². The summed E-state index contributed by atoms with van der Waals surface area (Å²) in [6, 6.07) is 12.7. The lowest BCUT2D eigenvalue weighted by atomic mass is 10.1. The maximum Gasteiger partial charge on any atom is 0.416 e. The minimum atomic E-state index is -4.33. The largest absolute Gasteiger partial charge is 0.497 e. The summed E-state index contributed by atoms with van der Waals surface area (Å²) in [6.45, 7) is 1.93. The van der Waals surface area contributed by atoms with Crippen molar-refractivity contribution in [2.75, 3.05) is 7.11 Å². The summed E-state index contributed by atoms with van der Waals surface area (Å²) >= 11 is 1.44. The van der Waals surface area contributed by atoms with Gasteiger partial charge in [0.05, 0.1) is 12.7 Å². The second-order valence-electron chi connectivity index (χ2n) is 5.97. The summed E-state index contributed by atoms with van der Waals surface area (Å²) in [4.78, 5) is 0. The standard InChI is InChI=1S/C19H18F3N3OS/c1-12(13-4-8-15(9-5-13)19(20,21)22)27-18-24-23-17(25(18)2)14-6-10-16(26-3)11-7-14/h4-12H,1-3H3. The van der Waals surface area contributed by atoms with Crippen molar-refractivity contribution >= 4 is 11.8 Å². The third kappa shape index (κ3) is 4.27. The molecule has 0 bridgehead atoms. The van der Waals surface area contributed by atoms with Gasteiger partial charge >= 0.3 is 6.18 Å². The van der Waals surface area contributed by atoms with Crippen LogP contribution in [0.2, 0.25) is 0 Å². The van der Waals surface area contributed by atoms with Gasteiger partial charge in [-0.2, -0.15) is 13.2 Å². The number of methoxy groups -OCH3 is 1. The summed E-state index contributed by atoms with van der Waals surface area (Å²) in [7, 11) is 3.47. The van der Waals surface area contributed by atoms with Crippen LogP contribution in [0, 0.1) is 0 Å². The zero-order valence-electron chi connectivity index (χ0n) is 15.0. The minimum Gasteiger partial charge on any atom is -0.497 e. The number of rotatable bonds is 5. The van der Waals surface area contributed by atoms with Gasteiger partial charge in [-0.15, -0.1) is 10.2 Å². The zero-order chi connectivity index (χ0) is 19.6. The fourth-order valence-corrected chi connectivity index (χ4v) is 3.52.